The van der Waals surface area contributed by atoms with E-state index in [0.717, 1.165) is 72.9 Å². The minimum Gasteiger partial charge on any atom is -0.457 e. The molecule has 0 spiro atoms. The topological polar surface area (TPSA) is 70.5 Å². The molecule has 1 unspecified atom stereocenters. The number of aryl methyl sites for hydroxylation is 4. The van der Waals surface area contributed by atoms with Gasteiger partial charge in [-0.1, -0.05) is 59.6 Å². The van der Waals surface area contributed by atoms with E-state index in [1.54, 1.807) is 0 Å². The van der Waals surface area contributed by atoms with Gasteiger partial charge in [0, 0.05) is 11.4 Å². The van der Waals surface area contributed by atoms with Crippen LogP contribution in [0.2, 0.25) is 0 Å². The van der Waals surface area contributed by atoms with Crippen LogP contribution >= 0.6 is 0 Å². The predicted molar refractivity (Wildman–Crippen MR) is 183 cm³/mol. The van der Waals surface area contributed by atoms with Crippen molar-refractivity contribution in [2.45, 2.75) is 98.3 Å². The average molecular weight is 579 g/mol. The van der Waals surface area contributed by atoms with E-state index < -0.39 is 0 Å². The second kappa shape index (κ2) is 14.0. The van der Waals surface area contributed by atoms with E-state index in [0.29, 0.717) is 0 Å². The molecule has 0 aliphatic heterocycles. The first-order valence-corrected chi connectivity index (χ1v) is 15.9. The van der Waals surface area contributed by atoms with Gasteiger partial charge < -0.3 is 20.9 Å². The van der Waals surface area contributed by atoms with Crippen molar-refractivity contribution in [2.75, 3.05) is 11.5 Å². The van der Waals surface area contributed by atoms with Gasteiger partial charge in [-0.25, -0.2) is 0 Å². The molecule has 4 N–H and O–H groups in total. The number of rotatable bonds is 13. The first-order chi connectivity index (χ1) is 20.5. The maximum Gasteiger partial charge on any atom is 0.130 e. The van der Waals surface area contributed by atoms with Gasteiger partial charge in [-0.05, 0) is 145 Å². The van der Waals surface area contributed by atoms with E-state index in [1.807, 2.05) is 48.5 Å². The van der Waals surface area contributed by atoms with E-state index in [9.17, 15) is 0 Å². The van der Waals surface area contributed by atoms with Crippen LogP contribution in [0.4, 0.5) is 11.4 Å². The van der Waals surface area contributed by atoms with Crippen LogP contribution in [0.5, 0.6) is 23.0 Å². The van der Waals surface area contributed by atoms with Crippen molar-refractivity contribution in [2.24, 2.45) is 0 Å². The van der Waals surface area contributed by atoms with Crippen molar-refractivity contribution >= 4 is 11.4 Å². The minimum atomic E-state index is -0.114. The molecule has 1 atom stereocenters. The lowest BCUT2D eigenvalue weighted by atomic mass is 9.68. The number of benzene rings is 4. The molecule has 0 fully saturated rings. The first-order valence-electron chi connectivity index (χ1n) is 15.9. The molecular weight excluding hydrogens is 528 g/mol. The summed E-state index contributed by atoms with van der Waals surface area (Å²) in [6, 6.07) is 24.6. The van der Waals surface area contributed by atoms with Crippen molar-refractivity contribution in [3.8, 4) is 23.0 Å². The molecule has 0 aliphatic rings. The molecular formula is C39H50N2O2. The monoisotopic (exact) mass is 578 g/mol. The Morgan fingerprint density at radius 1 is 0.651 bits per heavy atom. The van der Waals surface area contributed by atoms with Crippen LogP contribution in [0, 0.1) is 13.8 Å². The van der Waals surface area contributed by atoms with Crippen LogP contribution in [0.3, 0.4) is 0 Å². The predicted octanol–water partition coefficient (Wildman–Crippen LogP) is 10.8. The molecule has 0 bridgehead atoms. The molecule has 4 aromatic rings. The summed E-state index contributed by atoms with van der Waals surface area (Å²) in [5, 5.41) is 0. The molecule has 0 radical (unpaired) electrons. The summed E-state index contributed by atoms with van der Waals surface area (Å²) in [6.07, 6.45) is 6.47. The molecule has 0 aromatic heterocycles. The Morgan fingerprint density at radius 3 is 1.56 bits per heavy atom. The zero-order chi connectivity index (χ0) is 31.1. The van der Waals surface area contributed by atoms with Crippen molar-refractivity contribution in [3.05, 3.63) is 106 Å². The number of anilines is 2. The number of unbranched alkanes of at least 4 members (excludes halogenated alkanes) is 2. The lowest BCUT2D eigenvalue weighted by Gasteiger charge is -2.36. The molecule has 4 heteroatoms. The third kappa shape index (κ3) is 7.73. The summed E-state index contributed by atoms with van der Waals surface area (Å²) in [5.74, 6) is 3.77. The Morgan fingerprint density at radius 2 is 1.09 bits per heavy atom. The quantitative estimate of drug-likeness (QED) is 0.155. The second-order valence-corrected chi connectivity index (χ2v) is 12.6. The third-order valence-electron chi connectivity index (χ3n) is 8.92. The molecule has 43 heavy (non-hydrogen) atoms. The highest BCUT2D eigenvalue weighted by Crippen LogP contribution is 2.45. The lowest BCUT2D eigenvalue weighted by molar-refractivity contribution is 0.427. The van der Waals surface area contributed by atoms with Crippen LogP contribution in [0.1, 0.15) is 99.6 Å². The summed E-state index contributed by atoms with van der Waals surface area (Å²) in [6.45, 7) is 16.0. The summed E-state index contributed by atoms with van der Waals surface area (Å²) in [5.41, 5.74) is 20.9. The molecule has 4 nitrogen and oxygen atoms in total. The third-order valence-corrected chi connectivity index (χ3v) is 8.92. The van der Waals surface area contributed by atoms with Gasteiger partial charge in [-0.2, -0.15) is 0 Å². The van der Waals surface area contributed by atoms with E-state index >= 15 is 0 Å². The van der Waals surface area contributed by atoms with E-state index in [-0.39, 0.29) is 11.3 Å². The highest BCUT2D eigenvalue weighted by molar-refractivity contribution is 5.52. The minimum absolute atomic E-state index is 0.114. The van der Waals surface area contributed by atoms with Gasteiger partial charge in [0.05, 0.1) is 0 Å². The SMILES string of the molecule is CCCCc1cc(C(C)C(C)(C)c2cc(CCCC)c(Oc3ccc(N)cc3)cc2C)c(C)cc1Oc1ccc(N)cc1. The van der Waals surface area contributed by atoms with Crippen LogP contribution in [-0.4, -0.2) is 0 Å². The standard InChI is InChI=1S/C39H50N2O2/c1-8-10-12-29-24-35(26(3)22-37(29)42-33-18-14-31(40)15-19-33)28(5)39(6,7)36-25-30(13-11-9-2)38(23-27(36)4)43-34-20-16-32(41)17-21-34/h14-25,28H,8-13,40-41H2,1-7H3. The molecule has 0 amide bonds. The number of nitrogen functional groups attached to an aromatic ring is 2. The van der Waals surface area contributed by atoms with Gasteiger partial charge in [0.15, 0.2) is 0 Å². The highest BCUT2D eigenvalue weighted by atomic mass is 16.5. The van der Waals surface area contributed by atoms with Crippen molar-refractivity contribution < 1.29 is 9.47 Å². The van der Waals surface area contributed by atoms with Gasteiger partial charge in [0.25, 0.3) is 0 Å². The number of hydrogen-bond acceptors (Lipinski definition) is 4. The molecule has 4 rings (SSSR count). The van der Waals surface area contributed by atoms with Gasteiger partial charge in [-0.3, -0.25) is 0 Å². The fourth-order valence-electron chi connectivity index (χ4n) is 5.90. The first kappa shape index (κ1) is 32.0. The van der Waals surface area contributed by atoms with Gasteiger partial charge >= 0.3 is 0 Å². The largest absolute Gasteiger partial charge is 0.457 e. The summed E-state index contributed by atoms with van der Waals surface area (Å²) < 4.78 is 12.8. The molecule has 228 valence electrons. The van der Waals surface area contributed by atoms with E-state index in [4.69, 9.17) is 20.9 Å². The van der Waals surface area contributed by atoms with Crippen LogP contribution in [-0.2, 0) is 18.3 Å². The van der Waals surface area contributed by atoms with Crippen LogP contribution in [0.25, 0.3) is 0 Å². The zero-order valence-electron chi connectivity index (χ0n) is 27.2. The van der Waals surface area contributed by atoms with Crippen LogP contribution in [0.15, 0.2) is 72.8 Å². The molecule has 0 saturated heterocycles. The maximum atomic E-state index is 6.42. The summed E-state index contributed by atoms with van der Waals surface area (Å²) in [7, 11) is 0. The van der Waals surface area contributed by atoms with Crippen LogP contribution < -0.4 is 20.9 Å². The normalized spacial score (nSPS) is 12.3. The van der Waals surface area contributed by atoms with Gasteiger partial charge in [0.2, 0.25) is 0 Å². The Balaban J connectivity index is 1.71. The lowest BCUT2D eigenvalue weighted by Crippen LogP contribution is -2.27. The molecule has 0 heterocycles. The van der Waals surface area contributed by atoms with Crippen molar-refractivity contribution in [1.82, 2.24) is 0 Å². The summed E-state index contributed by atoms with van der Waals surface area (Å²) in [4.78, 5) is 0. The number of hydrogen-bond donors (Lipinski definition) is 2. The Bertz CT molecular complexity index is 1500. The smallest absolute Gasteiger partial charge is 0.130 e. The van der Waals surface area contributed by atoms with E-state index in [1.165, 1.54) is 33.4 Å². The maximum absolute atomic E-state index is 6.42. The summed E-state index contributed by atoms with van der Waals surface area (Å²) >= 11 is 0. The van der Waals surface area contributed by atoms with Gasteiger partial charge in [-0.15, -0.1) is 0 Å². The Labute approximate surface area is 259 Å². The average Bonchev–Trinajstić information content (AvgIpc) is 2.98. The number of nitrogens with two attached hydrogens (primary N) is 2. The fourth-order valence-corrected chi connectivity index (χ4v) is 5.90. The fraction of sp³-hybridized carbons (Fsp3) is 0.385. The Hall–Kier alpha value is -3.92. The second-order valence-electron chi connectivity index (χ2n) is 12.6. The molecule has 0 aliphatic carbocycles. The Kier molecular flexibility index (Phi) is 10.4. The van der Waals surface area contributed by atoms with Gasteiger partial charge in [0.1, 0.15) is 23.0 Å². The highest BCUT2D eigenvalue weighted by Gasteiger charge is 2.33. The van der Waals surface area contributed by atoms with Crippen molar-refractivity contribution in [1.29, 1.82) is 0 Å². The number of ether oxygens (including phenoxy) is 2. The van der Waals surface area contributed by atoms with Crippen molar-refractivity contribution in [3.63, 3.8) is 0 Å². The molecule has 0 saturated carbocycles. The van der Waals surface area contributed by atoms with E-state index in [2.05, 4.69) is 72.7 Å². The zero-order valence-corrected chi connectivity index (χ0v) is 27.2. The molecule has 4 aromatic carbocycles.